The third-order valence-corrected chi connectivity index (χ3v) is 9.97. The van der Waals surface area contributed by atoms with Crippen molar-refractivity contribution >= 4 is 6.21 Å². The Morgan fingerprint density at radius 3 is 2.68 bits per heavy atom. The minimum Gasteiger partial charge on any atom is -0.390 e. The van der Waals surface area contributed by atoms with Gasteiger partial charge in [-0.2, -0.15) is 5.10 Å². The molecule has 0 spiro atoms. The normalized spacial score (nSPS) is 62.5. The van der Waals surface area contributed by atoms with Crippen molar-refractivity contribution in [3.8, 4) is 0 Å². The minimum atomic E-state index is -0.930. The fraction of sp³-hybridized carbons (Fsp3) is 0.952. The van der Waals surface area contributed by atoms with E-state index in [0.717, 1.165) is 24.7 Å². The lowest BCUT2D eigenvalue weighted by molar-refractivity contribution is -0.162. The lowest BCUT2D eigenvalue weighted by atomic mass is 9.43. The molecule has 1 heterocycles. The van der Waals surface area contributed by atoms with Crippen LogP contribution in [-0.4, -0.2) is 34.2 Å². The number of hydrogen-bond donors (Lipinski definition) is 3. The highest BCUT2D eigenvalue weighted by atomic mass is 16.3. The van der Waals surface area contributed by atoms with E-state index in [1.54, 1.807) is 0 Å². The van der Waals surface area contributed by atoms with E-state index in [2.05, 4.69) is 30.6 Å². The van der Waals surface area contributed by atoms with Crippen LogP contribution >= 0.6 is 0 Å². The molecule has 10 atom stereocenters. The van der Waals surface area contributed by atoms with Crippen LogP contribution in [0.5, 0.6) is 0 Å². The minimum absolute atomic E-state index is 0.121. The van der Waals surface area contributed by atoms with Gasteiger partial charge < -0.3 is 15.6 Å². The van der Waals surface area contributed by atoms with Crippen LogP contribution in [0.15, 0.2) is 5.10 Å². The quantitative estimate of drug-likeness (QED) is 0.632. The van der Waals surface area contributed by atoms with Gasteiger partial charge in [-0.1, -0.05) is 13.8 Å². The van der Waals surface area contributed by atoms with Crippen molar-refractivity contribution in [2.45, 2.75) is 83.5 Å². The number of hydrazone groups is 1. The van der Waals surface area contributed by atoms with Gasteiger partial charge in [0.25, 0.3) is 0 Å². The summed E-state index contributed by atoms with van der Waals surface area (Å²) in [5, 5.41) is 26.0. The summed E-state index contributed by atoms with van der Waals surface area (Å²) in [6.45, 7) is 6.70. The maximum Gasteiger partial charge on any atom is 0.0933 e. The first-order chi connectivity index (χ1) is 11.8. The first-order valence-electron chi connectivity index (χ1n) is 10.5. The summed E-state index contributed by atoms with van der Waals surface area (Å²) >= 11 is 0. The Kier molecular flexibility index (Phi) is 3.32. The first kappa shape index (κ1) is 16.6. The molecule has 0 aromatic heterocycles. The topological polar surface area (TPSA) is 64.9 Å². The average Bonchev–Trinajstić information content (AvgIpc) is 3.07. The first-order valence-corrected chi connectivity index (χ1v) is 10.5. The van der Waals surface area contributed by atoms with Gasteiger partial charge in [0.05, 0.1) is 17.7 Å². The molecule has 1 aliphatic heterocycles. The number of nitrogens with one attached hydrogen (secondary N) is 1. The Morgan fingerprint density at radius 1 is 1.08 bits per heavy atom. The maximum atomic E-state index is 11.1. The van der Waals surface area contributed by atoms with Crippen LogP contribution in [-0.2, 0) is 0 Å². The van der Waals surface area contributed by atoms with E-state index in [0.29, 0.717) is 29.2 Å². The highest BCUT2D eigenvalue weighted by Crippen LogP contribution is 2.68. The third-order valence-electron chi connectivity index (χ3n) is 9.97. The van der Waals surface area contributed by atoms with E-state index in [1.165, 1.54) is 32.1 Å². The van der Waals surface area contributed by atoms with Gasteiger partial charge in [0.2, 0.25) is 0 Å². The van der Waals surface area contributed by atoms with Gasteiger partial charge in [0.15, 0.2) is 0 Å². The Balaban J connectivity index is 1.47. The van der Waals surface area contributed by atoms with Crippen LogP contribution in [0.25, 0.3) is 0 Å². The van der Waals surface area contributed by atoms with Crippen LogP contribution in [0.2, 0.25) is 0 Å². The maximum absolute atomic E-state index is 11.1. The van der Waals surface area contributed by atoms with Crippen LogP contribution < -0.4 is 5.43 Å². The second kappa shape index (κ2) is 5.01. The molecule has 0 unspecified atom stereocenters. The summed E-state index contributed by atoms with van der Waals surface area (Å²) in [6, 6.07) is 0.567. The molecule has 4 fully saturated rings. The van der Waals surface area contributed by atoms with Crippen LogP contribution in [0.4, 0.5) is 0 Å². The second-order valence-corrected chi connectivity index (χ2v) is 10.6. The van der Waals surface area contributed by atoms with Gasteiger partial charge in [-0.3, -0.25) is 0 Å². The molecule has 0 aromatic rings. The Bertz CT molecular complexity index is 605. The van der Waals surface area contributed by atoms with Gasteiger partial charge in [0.1, 0.15) is 0 Å². The van der Waals surface area contributed by atoms with Crippen LogP contribution in [0.3, 0.4) is 0 Å². The molecular formula is C21H34N2O2. The Labute approximate surface area is 151 Å². The number of aliphatic hydroxyl groups is 2. The van der Waals surface area contributed by atoms with E-state index >= 15 is 0 Å². The molecule has 0 bridgehead atoms. The zero-order valence-electron chi connectivity index (χ0n) is 15.9. The Hall–Kier alpha value is -0.610. The molecule has 5 aliphatic rings. The van der Waals surface area contributed by atoms with Gasteiger partial charge >= 0.3 is 0 Å². The van der Waals surface area contributed by atoms with Crippen LogP contribution in [0, 0.1) is 40.4 Å². The fourth-order valence-electron chi connectivity index (χ4n) is 8.15. The van der Waals surface area contributed by atoms with E-state index in [9.17, 15) is 10.2 Å². The summed E-state index contributed by atoms with van der Waals surface area (Å²) in [5.74, 6) is 3.31. The largest absolute Gasteiger partial charge is 0.390 e. The van der Waals surface area contributed by atoms with Gasteiger partial charge in [-0.05, 0) is 81.0 Å². The number of fused-ring (bicyclic) bond motifs is 6. The molecule has 4 heteroatoms. The van der Waals surface area contributed by atoms with Gasteiger partial charge in [-0.15, -0.1) is 0 Å². The number of hydrogen-bond acceptors (Lipinski definition) is 4. The monoisotopic (exact) mass is 346 g/mol. The smallest absolute Gasteiger partial charge is 0.0933 e. The molecule has 0 saturated heterocycles. The van der Waals surface area contributed by atoms with Crippen LogP contribution in [0.1, 0.15) is 65.7 Å². The third kappa shape index (κ3) is 1.93. The zero-order valence-corrected chi connectivity index (χ0v) is 15.9. The van der Waals surface area contributed by atoms with Gasteiger partial charge in [-0.25, -0.2) is 0 Å². The highest BCUT2D eigenvalue weighted by molar-refractivity contribution is 5.64. The molecule has 25 heavy (non-hydrogen) atoms. The highest BCUT2D eigenvalue weighted by Gasteiger charge is 2.66. The fourth-order valence-corrected chi connectivity index (χ4v) is 8.15. The number of aliphatic hydroxyl groups excluding tert-OH is 1. The lowest BCUT2D eigenvalue weighted by Gasteiger charge is -2.62. The number of rotatable bonds is 0. The Morgan fingerprint density at radius 2 is 1.88 bits per heavy atom. The summed E-state index contributed by atoms with van der Waals surface area (Å²) in [7, 11) is 0. The molecular weight excluding hydrogens is 312 g/mol. The molecule has 0 aromatic carbocycles. The molecule has 0 amide bonds. The van der Waals surface area contributed by atoms with Crippen molar-refractivity contribution in [2.24, 2.45) is 45.5 Å². The summed E-state index contributed by atoms with van der Waals surface area (Å²) in [6.07, 6.45) is 9.80. The van der Waals surface area contributed by atoms with Crippen molar-refractivity contribution in [1.82, 2.24) is 5.43 Å². The zero-order chi connectivity index (χ0) is 17.6. The number of nitrogens with zero attached hydrogens (tertiary/aromatic N) is 1. The van der Waals surface area contributed by atoms with Crippen molar-refractivity contribution in [3.63, 3.8) is 0 Å². The molecule has 4 aliphatic carbocycles. The van der Waals surface area contributed by atoms with Crippen molar-refractivity contribution in [3.05, 3.63) is 0 Å². The predicted molar refractivity (Wildman–Crippen MR) is 98.0 cm³/mol. The molecule has 140 valence electrons. The molecule has 0 radical (unpaired) electrons. The average molecular weight is 347 g/mol. The summed E-state index contributed by atoms with van der Waals surface area (Å²) in [5.41, 5.74) is 2.70. The van der Waals surface area contributed by atoms with Gasteiger partial charge in [0, 0.05) is 17.5 Å². The van der Waals surface area contributed by atoms with E-state index in [1.807, 2.05) is 6.92 Å². The SMILES string of the molecule is C[C@]12C[C@H]3C=NN[C@H]3C[C@@H]1CC[C@@H]1[C@@H]2CC[C@@]2(C)[C@H]1C[C@H](O)[C@]2(C)O. The molecule has 4 saturated carbocycles. The second-order valence-electron chi connectivity index (χ2n) is 10.6. The van der Waals surface area contributed by atoms with Crippen molar-refractivity contribution in [2.75, 3.05) is 0 Å². The summed E-state index contributed by atoms with van der Waals surface area (Å²) < 4.78 is 0. The van der Waals surface area contributed by atoms with E-state index in [-0.39, 0.29) is 5.41 Å². The predicted octanol–water partition coefficient (Wildman–Crippen LogP) is 2.93. The lowest BCUT2D eigenvalue weighted by Crippen LogP contribution is -2.58. The van der Waals surface area contributed by atoms with E-state index in [4.69, 9.17) is 0 Å². The molecule has 4 nitrogen and oxygen atoms in total. The standard InChI is InChI=1S/C21H34N2O2/c1-19-10-12-11-22-23-17(12)8-13(19)4-5-14-15(19)6-7-20(2)16(14)9-18(24)21(20,3)25/h11-18,23-25H,4-10H2,1-3H3/t12-,13-,14+,15-,16-,17-,18-,19-,20-,21-/m0/s1. The van der Waals surface area contributed by atoms with E-state index < -0.39 is 11.7 Å². The molecule has 5 rings (SSSR count). The summed E-state index contributed by atoms with van der Waals surface area (Å²) in [4.78, 5) is 0. The molecule has 3 N–H and O–H groups in total. The van der Waals surface area contributed by atoms with Crippen molar-refractivity contribution < 1.29 is 10.2 Å². The van der Waals surface area contributed by atoms with Crippen molar-refractivity contribution in [1.29, 1.82) is 0 Å².